The molecule has 4 nitrogen and oxygen atoms in total. The number of carboxylic acid groups (broad SMARTS) is 1. The highest BCUT2D eigenvalue weighted by atomic mass is 19.1. The second-order valence-electron chi connectivity index (χ2n) is 3.17. The monoisotopic (exact) mass is 214 g/mol. The van der Waals surface area contributed by atoms with Crippen molar-refractivity contribution < 1.29 is 24.1 Å². The minimum Gasteiger partial charge on any atom is -0.504 e. The van der Waals surface area contributed by atoms with Crippen LogP contribution in [0.3, 0.4) is 0 Å². The molecule has 82 valence electrons. The number of alkyl halides is 1. The highest BCUT2D eigenvalue weighted by Crippen LogP contribution is 2.38. The first kappa shape index (κ1) is 11.3. The van der Waals surface area contributed by atoms with E-state index < -0.39 is 11.6 Å². The van der Waals surface area contributed by atoms with Gasteiger partial charge in [-0.2, -0.15) is 0 Å². The number of carbonyl (C=O) groups is 1. The standard InChI is InChI=1S/C10H11FO4/c1-10(11,9(13)14)6-4-3-5-7(12)8(6)15-2/h3-5,12H,1-2H3,(H,13,14). The fraction of sp³-hybridized carbons (Fsp3) is 0.300. The summed E-state index contributed by atoms with van der Waals surface area (Å²) in [5.41, 5.74) is -2.80. The third-order valence-electron chi connectivity index (χ3n) is 2.11. The largest absolute Gasteiger partial charge is 0.504 e. The molecule has 1 aromatic rings. The minimum atomic E-state index is -2.59. The summed E-state index contributed by atoms with van der Waals surface area (Å²) in [4.78, 5) is 10.7. The Bertz CT molecular complexity index is 387. The molecule has 0 aliphatic rings. The van der Waals surface area contributed by atoms with Gasteiger partial charge in [0.25, 0.3) is 0 Å². The van der Waals surface area contributed by atoms with Crippen molar-refractivity contribution in [1.29, 1.82) is 0 Å². The van der Waals surface area contributed by atoms with Gasteiger partial charge >= 0.3 is 5.97 Å². The molecule has 0 aliphatic heterocycles. The minimum absolute atomic E-state index is 0.162. The summed E-state index contributed by atoms with van der Waals surface area (Å²) in [6, 6.07) is 3.90. The molecule has 0 amide bonds. The molecule has 0 bridgehead atoms. The van der Waals surface area contributed by atoms with E-state index in [9.17, 15) is 14.3 Å². The summed E-state index contributed by atoms with van der Waals surface area (Å²) < 4.78 is 18.5. The lowest BCUT2D eigenvalue weighted by Gasteiger charge is -2.18. The third kappa shape index (κ3) is 1.86. The average Bonchev–Trinajstić information content (AvgIpc) is 2.17. The summed E-state index contributed by atoms with van der Waals surface area (Å²) >= 11 is 0. The smallest absolute Gasteiger partial charge is 0.346 e. The van der Waals surface area contributed by atoms with Crippen LogP contribution in [0.1, 0.15) is 12.5 Å². The van der Waals surface area contributed by atoms with Crippen LogP contribution in [0.5, 0.6) is 11.5 Å². The topological polar surface area (TPSA) is 66.8 Å². The molecule has 1 aromatic carbocycles. The van der Waals surface area contributed by atoms with E-state index >= 15 is 0 Å². The molecule has 0 aromatic heterocycles. The summed E-state index contributed by atoms with van der Waals surface area (Å²) in [6.07, 6.45) is 0. The van der Waals surface area contributed by atoms with E-state index in [0.717, 1.165) is 6.92 Å². The Labute approximate surface area is 85.9 Å². The number of ether oxygens (including phenoxy) is 1. The number of aliphatic carboxylic acids is 1. The summed E-state index contributed by atoms with van der Waals surface area (Å²) in [5, 5.41) is 18.0. The first-order valence-corrected chi connectivity index (χ1v) is 4.20. The zero-order valence-electron chi connectivity index (χ0n) is 8.32. The van der Waals surface area contributed by atoms with E-state index in [4.69, 9.17) is 9.84 Å². The van der Waals surface area contributed by atoms with Gasteiger partial charge in [-0.3, -0.25) is 0 Å². The van der Waals surface area contributed by atoms with Crippen molar-refractivity contribution in [3.8, 4) is 11.5 Å². The summed E-state index contributed by atoms with van der Waals surface area (Å²) in [5.74, 6) is -2.09. The third-order valence-corrected chi connectivity index (χ3v) is 2.11. The molecule has 0 aliphatic carbocycles. The molecule has 0 spiro atoms. The first-order valence-electron chi connectivity index (χ1n) is 4.20. The second-order valence-corrected chi connectivity index (χ2v) is 3.17. The van der Waals surface area contributed by atoms with E-state index in [2.05, 4.69) is 0 Å². The molecule has 5 heteroatoms. The van der Waals surface area contributed by atoms with Gasteiger partial charge in [-0.15, -0.1) is 0 Å². The van der Waals surface area contributed by atoms with Crippen molar-refractivity contribution in [1.82, 2.24) is 0 Å². The van der Waals surface area contributed by atoms with Crippen molar-refractivity contribution in [2.45, 2.75) is 12.6 Å². The quantitative estimate of drug-likeness (QED) is 0.803. The Hall–Kier alpha value is -1.78. The van der Waals surface area contributed by atoms with Crippen molar-refractivity contribution in [2.24, 2.45) is 0 Å². The van der Waals surface area contributed by atoms with Gasteiger partial charge in [0, 0.05) is 5.56 Å². The number of phenolic OH excluding ortho intramolecular Hbond substituents is 1. The number of carboxylic acids is 1. The Morgan fingerprint density at radius 1 is 1.53 bits per heavy atom. The number of para-hydroxylation sites is 1. The van der Waals surface area contributed by atoms with Crippen molar-refractivity contribution in [3.05, 3.63) is 23.8 Å². The number of halogens is 1. The molecule has 0 saturated carbocycles. The fourth-order valence-electron chi connectivity index (χ4n) is 1.22. The van der Waals surface area contributed by atoms with Crippen molar-refractivity contribution >= 4 is 5.97 Å². The SMILES string of the molecule is COc1c(O)cccc1C(C)(F)C(=O)O. The van der Waals surface area contributed by atoms with Gasteiger partial charge in [0.15, 0.2) is 11.5 Å². The Kier molecular flexibility index (Phi) is 2.83. The Morgan fingerprint density at radius 2 is 2.13 bits per heavy atom. The second kappa shape index (κ2) is 3.76. The van der Waals surface area contributed by atoms with E-state index in [1.807, 2.05) is 0 Å². The lowest BCUT2D eigenvalue weighted by atomic mass is 9.97. The lowest BCUT2D eigenvalue weighted by Crippen LogP contribution is -2.27. The molecule has 0 saturated heterocycles. The predicted octanol–water partition coefficient (Wildman–Crippen LogP) is 1.67. The van der Waals surface area contributed by atoms with Crippen LogP contribution >= 0.6 is 0 Å². The van der Waals surface area contributed by atoms with Gasteiger partial charge in [0.05, 0.1) is 7.11 Å². The van der Waals surface area contributed by atoms with E-state index in [-0.39, 0.29) is 17.1 Å². The number of aromatic hydroxyl groups is 1. The lowest BCUT2D eigenvalue weighted by molar-refractivity contribution is -0.150. The summed E-state index contributed by atoms with van der Waals surface area (Å²) in [7, 11) is 1.23. The van der Waals surface area contributed by atoms with Crippen LogP contribution in [0.25, 0.3) is 0 Å². The van der Waals surface area contributed by atoms with Crippen LogP contribution in [0.15, 0.2) is 18.2 Å². The Balaban J connectivity index is 3.37. The highest BCUT2D eigenvalue weighted by molar-refractivity contribution is 5.80. The molecular weight excluding hydrogens is 203 g/mol. The van der Waals surface area contributed by atoms with Crippen LogP contribution in [-0.2, 0) is 10.5 Å². The maximum Gasteiger partial charge on any atom is 0.346 e. The van der Waals surface area contributed by atoms with Gasteiger partial charge < -0.3 is 14.9 Å². The average molecular weight is 214 g/mol. The molecule has 0 fully saturated rings. The van der Waals surface area contributed by atoms with Gasteiger partial charge in [-0.05, 0) is 13.0 Å². The molecule has 15 heavy (non-hydrogen) atoms. The maximum atomic E-state index is 13.8. The van der Waals surface area contributed by atoms with Crippen LogP contribution in [0.4, 0.5) is 4.39 Å². The first-order chi connectivity index (χ1) is 6.91. The van der Waals surface area contributed by atoms with Gasteiger partial charge in [0.1, 0.15) is 0 Å². The molecule has 2 N–H and O–H groups in total. The number of hydrogen-bond donors (Lipinski definition) is 2. The number of hydrogen-bond acceptors (Lipinski definition) is 3. The van der Waals surface area contributed by atoms with Crippen molar-refractivity contribution in [3.63, 3.8) is 0 Å². The predicted molar refractivity (Wildman–Crippen MR) is 50.8 cm³/mol. The summed E-state index contributed by atoms with van der Waals surface area (Å²) in [6.45, 7) is 0.895. The molecule has 0 heterocycles. The normalized spacial score (nSPS) is 14.3. The van der Waals surface area contributed by atoms with E-state index in [0.29, 0.717) is 0 Å². The fourth-order valence-corrected chi connectivity index (χ4v) is 1.22. The van der Waals surface area contributed by atoms with Crippen molar-refractivity contribution in [2.75, 3.05) is 7.11 Å². The zero-order valence-corrected chi connectivity index (χ0v) is 8.32. The van der Waals surface area contributed by atoms with Crippen LogP contribution in [-0.4, -0.2) is 23.3 Å². The molecule has 0 radical (unpaired) electrons. The van der Waals surface area contributed by atoms with Gasteiger partial charge in [0.2, 0.25) is 5.67 Å². The van der Waals surface area contributed by atoms with Crippen LogP contribution < -0.4 is 4.74 Å². The number of rotatable bonds is 3. The zero-order chi connectivity index (χ0) is 11.6. The molecule has 1 rings (SSSR count). The molecule has 1 atom stereocenters. The number of benzene rings is 1. The maximum absolute atomic E-state index is 13.8. The van der Waals surface area contributed by atoms with E-state index in [1.54, 1.807) is 0 Å². The Morgan fingerprint density at radius 3 is 2.60 bits per heavy atom. The van der Waals surface area contributed by atoms with Gasteiger partial charge in [-0.25, -0.2) is 9.18 Å². The van der Waals surface area contributed by atoms with Crippen LogP contribution in [0, 0.1) is 0 Å². The number of methoxy groups -OCH3 is 1. The molecule has 1 unspecified atom stereocenters. The van der Waals surface area contributed by atoms with E-state index in [1.165, 1.54) is 25.3 Å². The highest BCUT2D eigenvalue weighted by Gasteiger charge is 2.38. The number of phenols is 1. The molecular formula is C10H11FO4. The van der Waals surface area contributed by atoms with Crippen LogP contribution in [0.2, 0.25) is 0 Å². The van der Waals surface area contributed by atoms with Gasteiger partial charge in [-0.1, -0.05) is 12.1 Å².